The number of fused-ring (bicyclic) bond motifs is 1. The predicted octanol–water partition coefficient (Wildman–Crippen LogP) is 2.38. The zero-order valence-corrected chi connectivity index (χ0v) is 15.5. The van der Waals surface area contributed by atoms with E-state index in [9.17, 15) is 4.79 Å². The summed E-state index contributed by atoms with van der Waals surface area (Å²) in [6.45, 7) is 9.71. The fourth-order valence-electron chi connectivity index (χ4n) is 2.72. The first kappa shape index (κ1) is 18.0. The highest BCUT2D eigenvalue weighted by Gasteiger charge is 2.52. The van der Waals surface area contributed by atoms with Gasteiger partial charge in [-0.05, 0) is 46.8 Å². The van der Waals surface area contributed by atoms with Crippen molar-refractivity contribution in [3.8, 4) is 5.75 Å². The number of aryl methyl sites for hydroxylation is 1. The quantitative estimate of drug-likeness (QED) is 0.626. The monoisotopic (exact) mass is 346 g/mol. The highest BCUT2D eigenvalue weighted by Crippen LogP contribution is 2.37. The Labute approximate surface area is 147 Å². The zero-order chi connectivity index (χ0) is 18.4. The minimum atomic E-state index is -0.632. The average Bonchev–Trinajstić information content (AvgIpc) is 2.72. The van der Waals surface area contributed by atoms with Gasteiger partial charge in [0, 0.05) is 18.6 Å². The summed E-state index contributed by atoms with van der Waals surface area (Å²) >= 11 is 0. The molecule has 1 saturated heterocycles. The first-order valence-electron chi connectivity index (χ1n) is 8.20. The minimum absolute atomic E-state index is 0.0508. The lowest BCUT2D eigenvalue weighted by atomic mass is 9.78. The van der Waals surface area contributed by atoms with E-state index >= 15 is 0 Å². The molecule has 2 heterocycles. The van der Waals surface area contributed by atoms with Crippen LogP contribution in [-0.4, -0.2) is 32.2 Å². The number of methoxy groups -OCH3 is 1. The van der Waals surface area contributed by atoms with Crippen LogP contribution >= 0.6 is 0 Å². The molecular weight excluding hydrogens is 323 g/mol. The molecule has 7 heteroatoms. The second kappa shape index (κ2) is 6.16. The van der Waals surface area contributed by atoms with Gasteiger partial charge in [0.05, 0.1) is 16.6 Å². The van der Waals surface area contributed by atoms with E-state index in [2.05, 4.69) is 0 Å². The molecule has 3 rings (SSSR count). The molecule has 0 bridgehead atoms. The maximum Gasteiger partial charge on any atom is 0.498 e. The highest BCUT2D eigenvalue weighted by molar-refractivity contribution is 6.63. The van der Waals surface area contributed by atoms with Gasteiger partial charge in [0.15, 0.2) is 12.2 Å². The van der Waals surface area contributed by atoms with Crippen molar-refractivity contribution in [2.45, 2.75) is 45.8 Å². The Morgan fingerprint density at radius 2 is 1.72 bits per heavy atom. The van der Waals surface area contributed by atoms with Crippen LogP contribution in [0.3, 0.4) is 0 Å². The van der Waals surface area contributed by atoms with Gasteiger partial charge in [-0.25, -0.2) is 0 Å². The van der Waals surface area contributed by atoms with Crippen molar-refractivity contribution in [1.82, 2.24) is 0 Å². The second-order valence-electron chi connectivity index (χ2n) is 7.25. The molecule has 0 unspecified atom stereocenters. The Bertz CT molecular complexity index is 839. The molecule has 1 fully saturated rings. The Morgan fingerprint density at radius 1 is 1.08 bits per heavy atom. The number of benzene rings is 1. The molecule has 2 aromatic rings. The number of hydrogen-bond acceptors (Lipinski definition) is 6. The average molecular weight is 346 g/mol. The van der Waals surface area contributed by atoms with Crippen molar-refractivity contribution < 1.29 is 23.2 Å². The largest absolute Gasteiger partial charge is 0.498 e. The van der Waals surface area contributed by atoms with Crippen LogP contribution in [0.5, 0.6) is 5.75 Å². The molecule has 0 saturated carbocycles. The molecule has 0 spiro atoms. The fourth-order valence-corrected chi connectivity index (χ4v) is 2.72. The predicted molar refractivity (Wildman–Crippen MR) is 95.4 cm³/mol. The van der Waals surface area contributed by atoms with Crippen molar-refractivity contribution in [3.05, 3.63) is 34.2 Å². The van der Waals surface area contributed by atoms with Crippen LogP contribution in [0, 0.1) is 6.92 Å². The summed E-state index contributed by atoms with van der Waals surface area (Å²) in [5, 5.41) is 0.442. The molecule has 1 aromatic carbocycles. The van der Waals surface area contributed by atoms with E-state index in [1.165, 1.54) is 13.2 Å². The van der Waals surface area contributed by atoms with Gasteiger partial charge in [-0.15, -0.1) is 0 Å². The van der Waals surface area contributed by atoms with E-state index in [4.69, 9.17) is 23.2 Å². The van der Waals surface area contributed by atoms with Crippen LogP contribution in [0.25, 0.3) is 11.0 Å². The van der Waals surface area contributed by atoms with Crippen molar-refractivity contribution in [1.29, 1.82) is 0 Å². The minimum Gasteiger partial charge on any atom is -0.468 e. The van der Waals surface area contributed by atoms with E-state index in [0.717, 1.165) is 0 Å². The van der Waals surface area contributed by atoms with E-state index in [1.54, 1.807) is 19.1 Å². The Balaban J connectivity index is 2.14. The third-order valence-corrected chi connectivity index (χ3v) is 4.82. The SMILES string of the molecule is COCOc1cc2c(=O)cc(C)oc2cc1B1OC(C)(C)C(C)(C)O1. The first-order chi connectivity index (χ1) is 11.6. The molecule has 0 aliphatic carbocycles. The molecule has 0 atom stereocenters. The van der Waals surface area contributed by atoms with Gasteiger partial charge in [-0.1, -0.05) is 0 Å². The lowest BCUT2D eigenvalue weighted by Gasteiger charge is -2.32. The zero-order valence-electron chi connectivity index (χ0n) is 15.5. The molecule has 0 amide bonds. The van der Waals surface area contributed by atoms with Crippen LogP contribution < -0.4 is 15.6 Å². The third-order valence-electron chi connectivity index (χ3n) is 4.82. The van der Waals surface area contributed by atoms with E-state index in [1.807, 2.05) is 27.7 Å². The van der Waals surface area contributed by atoms with E-state index < -0.39 is 18.3 Å². The van der Waals surface area contributed by atoms with E-state index in [0.29, 0.717) is 27.9 Å². The van der Waals surface area contributed by atoms with Gasteiger partial charge in [0.1, 0.15) is 17.1 Å². The standard InChI is InChI=1S/C18H23BO6/c1-11-7-14(20)12-8-16(22-10-21-6)13(9-15(12)23-11)19-24-17(2,3)18(4,5)25-19/h7-9H,10H2,1-6H3. The molecule has 1 aromatic heterocycles. The van der Waals surface area contributed by atoms with Gasteiger partial charge >= 0.3 is 7.12 Å². The summed E-state index contributed by atoms with van der Waals surface area (Å²) in [4.78, 5) is 12.3. The second-order valence-corrected chi connectivity index (χ2v) is 7.25. The summed E-state index contributed by atoms with van der Waals surface area (Å²) in [5.74, 6) is 1.02. The fraction of sp³-hybridized carbons (Fsp3) is 0.500. The highest BCUT2D eigenvalue weighted by atomic mass is 16.7. The van der Waals surface area contributed by atoms with Crippen LogP contribution in [0.15, 0.2) is 27.4 Å². The normalized spacial score (nSPS) is 18.7. The van der Waals surface area contributed by atoms with Crippen molar-refractivity contribution in [2.24, 2.45) is 0 Å². The molecule has 1 aliphatic rings. The van der Waals surface area contributed by atoms with Crippen LogP contribution in [0.4, 0.5) is 0 Å². The van der Waals surface area contributed by atoms with Gasteiger partial charge in [0.2, 0.25) is 0 Å². The van der Waals surface area contributed by atoms with Crippen molar-refractivity contribution >= 4 is 23.6 Å². The summed E-state index contributed by atoms with van der Waals surface area (Å²) in [5.41, 5.74) is 0.0369. The van der Waals surface area contributed by atoms with Gasteiger partial charge in [-0.2, -0.15) is 0 Å². The summed E-state index contributed by atoms with van der Waals surface area (Å²) in [6.07, 6.45) is 0. The molecule has 1 aliphatic heterocycles. The first-order valence-corrected chi connectivity index (χ1v) is 8.20. The summed E-state index contributed by atoms with van der Waals surface area (Å²) < 4.78 is 28.6. The Kier molecular flexibility index (Phi) is 4.43. The van der Waals surface area contributed by atoms with Gasteiger partial charge < -0.3 is 23.2 Å². The van der Waals surface area contributed by atoms with E-state index in [-0.39, 0.29) is 12.2 Å². The summed E-state index contributed by atoms with van der Waals surface area (Å²) in [7, 11) is 0.903. The lowest BCUT2D eigenvalue weighted by Crippen LogP contribution is -2.41. The molecule has 134 valence electrons. The summed E-state index contributed by atoms with van der Waals surface area (Å²) in [6, 6.07) is 4.85. The Hall–Kier alpha value is -1.83. The number of ether oxygens (including phenoxy) is 2. The lowest BCUT2D eigenvalue weighted by molar-refractivity contribution is 0.00578. The van der Waals surface area contributed by atoms with Crippen LogP contribution in [0.1, 0.15) is 33.5 Å². The van der Waals surface area contributed by atoms with Crippen molar-refractivity contribution in [2.75, 3.05) is 13.9 Å². The maximum atomic E-state index is 12.3. The van der Waals surface area contributed by atoms with Crippen LogP contribution in [-0.2, 0) is 14.0 Å². The van der Waals surface area contributed by atoms with Gasteiger partial charge in [0.25, 0.3) is 0 Å². The maximum absolute atomic E-state index is 12.3. The molecular formula is C18H23BO6. The van der Waals surface area contributed by atoms with Gasteiger partial charge in [-0.3, -0.25) is 4.79 Å². The third kappa shape index (κ3) is 3.19. The van der Waals surface area contributed by atoms with Crippen molar-refractivity contribution in [3.63, 3.8) is 0 Å². The molecule has 0 radical (unpaired) electrons. The topological polar surface area (TPSA) is 67.1 Å². The molecule has 0 N–H and O–H groups in total. The van der Waals surface area contributed by atoms with Crippen LogP contribution in [0.2, 0.25) is 0 Å². The Morgan fingerprint density at radius 3 is 2.32 bits per heavy atom. The number of hydrogen-bond donors (Lipinski definition) is 0. The smallest absolute Gasteiger partial charge is 0.468 e. The molecule has 25 heavy (non-hydrogen) atoms. The number of rotatable bonds is 4. The molecule has 6 nitrogen and oxygen atoms in total.